The Labute approximate surface area is 187 Å². The number of carbonyl (C=O) groups excluding carboxylic acids is 1. The monoisotopic (exact) mass is 461 g/mol. The molecule has 0 bridgehead atoms. The number of rotatable bonds is 3. The summed E-state index contributed by atoms with van der Waals surface area (Å²) < 4.78 is 56.2. The molecule has 1 aromatic carbocycles. The first kappa shape index (κ1) is 22.9. The van der Waals surface area contributed by atoms with E-state index >= 15 is 0 Å². The highest BCUT2D eigenvalue weighted by Gasteiger charge is 2.58. The van der Waals surface area contributed by atoms with Gasteiger partial charge in [-0.25, -0.2) is 4.39 Å². The number of nitrogens with zero attached hydrogens (tertiary/aromatic N) is 1. The molecule has 174 valence electrons. The van der Waals surface area contributed by atoms with E-state index in [1.807, 2.05) is 0 Å². The number of hydrogen-bond donors (Lipinski definition) is 2. The van der Waals surface area contributed by atoms with Crippen LogP contribution in [-0.2, 0) is 0 Å². The van der Waals surface area contributed by atoms with Crippen molar-refractivity contribution in [2.75, 3.05) is 0 Å². The Morgan fingerprint density at radius 1 is 1.15 bits per heavy atom. The second-order valence-corrected chi connectivity index (χ2v) is 9.10. The number of aromatic amines is 1. The van der Waals surface area contributed by atoms with Crippen molar-refractivity contribution < 1.29 is 22.4 Å². The van der Waals surface area contributed by atoms with Crippen molar-refractivity contribution in [1.29, 1.82) is 0 Å². The number of nitrogens with two attached hydrogens (primary N) is 1. The first-order chi connectivity index (χ1) is 15.3. The van der Waals surface area contributed by atoms with E-state index < -0.39 is 40.6 Å². The summed E-state index contributed by atoms with van der Waals surface area (Å²) in [6.07, 6.45) is -3.59. The molecule has 3 atom stereocenters. The van der Waals surface area contributed by atoms with Crippen LogP contribution in [0.4, 0.5) is 17.6 Å². The molecule has 5 nitrogen and oxygen atoms in total. The van der Waals surface area contributed by atoms with E-state index in [2.05, 4.69) is 9.97 Å². The molecule has 9 heteroatoms. The van der Waals surface area contributed by atoms with Crippen LogP contribution in [0.25, 0.3) is 10.9 Å². The molecule has 3 N–H and O–H groups in total. The molecule has 2 aromatic heterocycles. The summed E-state index contributed by atoms with van der Waals surface area (Å²) >= 11 is 0. The van der Waals surface area contributed by atoms with Gasteiger partial charge in [0.25, 0.3) is 5.91 Å². The molecular weight excluding hydrogens is 438 g/mol. The Bertz CT molecular complexity index is 1330. The summed E-state index contributed by atoms with van der Waals surface area (Å²) in [5.74, 6) is -2.57. The fourth-order valence-electron chi connectivity index (χ4n) is 5.04. The normalized spacial score (nSPS) is 23.2. The van der Waals surface area contributed by atoms with Gasteiger partial charge < -0.3 is 10.7 Å². The molecule has 3 aromatic rings. The summed E-state index contributed by atoms with van der Waals surface area (Å²) in [6, 6.07) is 5.51. The second kappa shape index (κ2) is 7.67. The number of hydrogen-bond acceptors (Lipinski definition) is 3. The van der Waals surface area contributed by atoms with Gasteiger partial charge in [0.2, 0.25) is 0 Å². The minimum atomic E-state index is -4.46. The van der Waals surface area contributed by atoms with Crippen LogP contribution in [0.3, 0.4) is 0 Å². The lowest BCUT2D eigenvalue weighted by atomic mass is 9.82. The van der Waals surface area contributed by atoms with Crippen molar-refractivity contribution in [2.45, 2.75) is 51.6 Å². The van der Waals surface area contributed by atoms with Crippen LogP contribution in [0, 0.1) is 25.1 Å². The van der Waals surface area contributed by atoms with Crippen LogP contribution in [0.2, 0.25) is 0 Å². The zero-order valence-electron chi connectivity index (χ0n) is 18.3. The third kappa shape index (κ3) is 3.69. The van der Waals surface area contributed by atoms with Crippen LogP contribution in [0.1, 0.15) is 64.5 Å². The summed E-state index contributed by atoms with van der Waals surface area (Å²) in [6.45, 7) is 4.47. The van der Waals surface area contributed by atoms with Gasteiger partial charge in [-0.2, -0.15) is 13.2 Å². The molecule has 1 fully saturated rings. The summed E-state index contributed by atoms with van der Waals surface area (Å²) in [5, 5.41) is -0.00399. The third-order valence-electron chi connectivity index (χ3n) is 7.07. The molecule has 0 saturated heterocycles. The SMILES string of the molecule is Cc1c(F)ccc(C2C[C@](C)(C(F)(F)F)CC2c2cc(=O)c3c(C(N)=O)nccc3[nH]2)c1C. The number of aromatic nitrogens is 2. The predicted molar refractivity (Wildman–Crippen MR) is 116 cm³/mol. The maximum Gasteiger partial charge on any atom is 0.394 e. The lowest BCUT2D eigenvalue weighted by molar-refractivity contribution is -0.216. The number of halogens is 4. The quantitative estimate of drug-likeness (QED) is 0.538. The van der Waals surface area contributed by atoms with Crippen LogP contribution >= 0.6 is 0 Å². The number of amides is 1. The molecule has 2 heterocycles. The first-order valence-electron chi connectivity index (χ1n) is 10.5. The van der Waals surface area contributed by atoms with Gasteiger partial charge in [0.05, 0.1) is 16.3 Å². The van der Waals surface area contributed by atoms with E-state index in [0.717, 1.165) is 0 Å². The average Bonchev–Trinajstić information content (AvgIpc) is 3.10. The number of primary amides is 1. The molecule has 33 heavy (non-hydrogen) atoms. The van der Waals surface area contributed by atoms with E-state index in [4.69, 9.17) is 5.73 Å². The molecule has 1 amide bonds. The van der Waals surface area contributed by atoms with Crippen molar-refractivity contribution in [1.82, 2.24) is 9.97 Å². The number of fused-ring (bicyclic) bond motifs is 1. The van der Waals surface area contributed by atoms with E-state index in [-0.39, 0.29) is 29.4 Å². The smallest absolute Gasteiger partial charge is 0.364 e. The number of benzene rings is 1. The van der Waals surface area contributed by atoms with Crippen LogP contribution in [0.15, 0.2) is 35.3 Å². The summed E-state index contributed by atoms with van der Waals surface area (Å²) in [7, 11) is 0. The minimum absolute atomic E-state index is 0.00399. The molecule has 2 unspecified atom stereocenters. The van der Waals surface area contributed by atoms with Gasteiger partial charge in [-0.05, 0) is 61.4 Å². The number of H-pyrrole nitrogens is 1. The fraction of sp³-hybridized carbons (Fsp3) is 0.375. The topological polar surface area (TPSA) is 88.8 Å². The Kier molecular flexibility index (Phi) is 5.34. The number of pyridine rings is 2. The van der Waals surface area contributed by atoms with Crippen molar-refractivity contribution >= 4 is 16.8 Å². The molecule has 1 saturated carbocycles. The van der Waals surface area contributed by atoms with Crippen molar-refractivity contribution in [3.8, 4) is 0 Å². The van der Waals surface area contributed by atoms with Crippen LogP contribution < -0.4 is 11.2 Å². The maximum absolute atomic E-state index is 14.1. The Morgan fingerprint density at radius 2 is 1.82 bits per heavy atom. The zero-order valence-corrected chi connectivity index (χ0v) is 18.3. The van der Waals surface area contributed by atoms with Crippen molar-refractivity contribution in [3.63, 3.8) is 0 Å². The summed E-state index contributed by atoms with van der Waals surface area (Å²) in [5.41, 5.74) is 4.79. The number of nitrogens with one attached hydrogen (secondary N) is 1. The van der Waals surface area contributed by atoms with E-state index in [0.29, 0.717) is 22.4 Å². The third-order valence-corrected chi connectivity index (χ3v) is 7.07. The van der Waals surface area contributed by atoms with Crippen molar-refractivity contribution in [3.05, 3.63) is 74.6 Å². The van der Waals surface area contributed by atoms with Gasteiger partial charge >= 0.3 is 6.18 Å². The molecule has 1 aliphatic carbocycles. The highest BCUT2D eigenvalue weighted by molar-refractivity contribution is 6.03. The Balaban J connectivity index is 1.92. The molecule has 0 radical (unpaired) electrons. The highest BCUT2D eigenvalue weighted by Crippen LogP contribution is 2.60. The van der Waals surface area contributed by atoms with Gasteiger partial charge in [-0.1, -0.05) is 13.0 Å². The lowest BCUT2D eigenvalue weighted by Crippen LogP contribution is -2.32. The lowest BCUT2D eigenvalue weighted by Gasteiger charge is -2.27. The Morgan fingerprint density at radius 3 is 2.45 bits per heavy atom. The van der Waals surface area contributed by atoms with E-state index in [9.17, 15) is 27.2 Å². The molecule has 1 aliphatic rings. The highest BCUT2D eigenvalue weighted by atomic mass is 19.4. The standard InChI is InChI=1S/C24H23F4N3O2/c1-11-12(2)16(25)5-4-13(11)14-9-23(3,24(26,27)28)10-15(14)18-8-19(32)20-17(31-18)6-7-30-21(20)22(29)33/h4-8,14-15H,9-10H2,1-3H3,(H2,29,33)(H,31,32)/t14?,15?,23-/m0/s1. The number of alkyl halides is 3. The molecular formula is C24H23F4N3O2. The Hall–Kier alpha value is -3.23. The minimum Gasteiger partial charge on any atom is -0.364 e. The average molecular weight is 461 g/mol. The van der Waals surface area contributed by atoms with Gasteiger partial charge in [-0.15, -0.1) is 0 Å². The predicted octanol–water partition coefficient (Wildman–Crippen LogP) is 5.01. The second-order valence-electron chi connectivity index (χ2n) is 9.10. The largest absolute Gasteiger partial charge is 0.394 e. The molecule has 4 rings (SSSR count). The van der Waals surface area contributed by atoms with Crippen LogP contribution in [-0.4, -0.2) is 22.1 Å². The van der Waals surface area contributed by atoms with Gasteiger partial charge in [0, 0.05) is 23.9 Å². The molecule has 0 aliphatic heterocycles. The van der Waals surface area contributed by atoms with E-state index in [1.165, 1.54) is 37.4 Å². The van der Waals surface area contributed by atoms with Gasteiger partial charge in [0.15, 0.2) is 5.43 Å². The first-order valence-corrected chi connectivity index (χ1v) is 10.5. The summed E-state index contributed by atoms with van der Waals surface area (Å²) in [4.78, 5) is 31.5. The maximum atomic E-state index is 14.1. The van der Waals surface area contributed by atoms with Gasteiger partial charge in [0.1, 0.15) is 11.5 Å². The molecule has 0 spiro atoms. The number of carbonyl (C=O) groups is 1. The van der Waals surface area contributed by atoms with Crippen LogP contribution in [0.5, 0.6) is 0 Å². The van der Waals surface area contributed by atoms with E-state index in [1.54, 1.807) is 13.8 Å². The van der Waals surface area contributed by atoms with Crippen molar-refractivity contribution in [2.24, 2.45) is 11.1 Å². The van der Waals surface area contributed by atoms with Gasteiger partial charge in [-0.3, -0.25) is 14.6 Å². The fourth-order valence-corrected chi connectivity index (χ4v) is 5.04. The zero-order chi connectivity index (χ0) is 24.3.